The summed E-state index contributed by atoms with van der Waals surface area (Å²) < 4.78 is 40.1. The fourth-order valence-corrected chi connectivity index (χ4v) is 4.10. The fraction of sp³-hybridized carbons (Fsp3) is 0.538. The van der Waals surface area contributed by atoms with Crippen LogP contribution >= 0.6 is 11.6 Å². The van der Waals surface area contributed by atoms with Gasteiger partial charge in [-0.05, 0) is 29.5 Å². The predicted octanol–water partition coefficient (Wildman–Crippen LogP) is 2.84. The molecule has 19 heavy (non-hydrogen) atoms. The Labute approximate surface area is 118 Å². The van der Waals surface area contributed by atoms with Crippen molar-refractivity contribution in [1.82, 2.24) is 4.31 Å². The molecule has 1 saturated heterocycles. The van der Waals surface area contributed by atoms with E-state index in [9.17, 15) is 12.8 Å². The van der Waals surface area contributed by atoms with Crippen molar-refractivity contribution >= 4 is 21.6 Å². The molecule has 1 aromatic carbocycles. The highest BCUT2D eigenvalue weighted by Gasteiger charge is 2.36. The molecule has 2 atom stereocenters. The number of halogens is 2. The van der Waals surface area contributed by atoms with Crippen LogP contribution in [0.2, 0.25) is 0 Å². The molecule has 6 heteroatoms. The SMILES string of the molecule is CC1CN(S(=O)(=O)c2ccc(CCl)cc2F)CC1C. The molecule has 1 heterocycles. The number of sulfonamides is 1. The summed E-state index contributed by atoms with van der Waals surface area (Å²) in [4.78, 5) is -0.261. The summed E-state index contributed by atoms with van der Waals surface area (Å²) in [7, 11) is -3.74. The number of benzene rings is 1. The van der Waals surface area contributed by atoms with Crippen LogP contribution in [0.1, 0.15) is 19.4 Å². The highest BCUT2D eigenvalue weighted by atomic mass is 35.5. The zero-order chi connectivity index (χ0) is 14.2. The molecule has 3 nitrogen and oxygen atoms in total. The average molecular weight is 306 g/mol. The molecule has 0 bridgehead atoms. The number of rotatable bonds is 3. The number of nitrogens with zero attached hydrogens (tertiary/aromatic N) is 1. The summed E-state index contributed by atoms with van der Waals surface area (Å²) in [6.45, 7) is 4.90. The molecular weight excluding hydrogens is 289 g/mol. The average Bonchev–Trinajstić information content (AvgIpc) is 2.70. The van der Waals surface area contributed by atoms with Crippen LogP contribution in [0.15, 0.2) is 23.1 Å². The van der Waals surface area contributed by atoms with E-state index in [2.05, 4.69) is 0 Å². The summed E-state index contributed by atoms with van der Waals surface area (Å²) >= 11 is 5.60. The first kappa shape index (κ1) is 14.8. The molecule has 0 aromatic heterocycles. The highest BCUT2D eigenvalue weighted by molar-refractivity contribution is 7.89. The van der Waals surface area contributed by atoms with Crippen molar-refractivity contribution < 1.29 is 12.8 Å². The lowest BCUT2D eigenvalue weighted by molar-refractivity contribution is 0.456. The molecule has 0 saturated carbocycles. The van der Waals surface area contributed by atoms with Gasteiger partial charge >= 0.3 is 0 Å². The smallest absolute Gasteiger partial charge is 0.207 e. The van der Waals surface area contributed by atoms with E-state index < -0.39 is 15.8 Å². The van der Waals surface area contributed by atoms with E-state index in [0.29, 0.717) is 30.5 Å². The molecule has 0 aliphatic carbocycles. The lowest BCUT2D eigenvalue weighted by atomic mass is 10.0. The lowest BCUT2D eigenvalue weighted by Crippen LogP contribution is -2.29. The van der Waals surface area contributed by atoms with Gasteiger partial charge in [0, 0.05) is 19.0 Å². The number of hydrogen-bond acceptors (Lipinski definition) is 2. The fourth-order valence-electron chi connectivity index (χ4n) is 2.25. The van der Waals surface area contributed by atoms with Gasteiger partial charge in [0.2, 0.25) is 10.0 Å². The second kappa shape index (κ2) is 5.38. The third-order valence-corrected chi connectivity index (χ3v) is 5.90. The van der Waals surface area contributed by atoms with Crippen LogP contribution in [0, 0.1) is 17.7 Å². The van der Waals surface area contributed by atoms with E-state index in [1.807, 2.05) is 13.8 Å². The van der Waals surface area contributed by atoms with Crippen LogP contribution in [0.25, 0.3) is 0 Å². The Morgan fingerprint density at radius 2 is 1.89 bits per heavy atom. The topological polar surface area (TPSA) is 37.4 Å². The first-order chi connectivity index (χ1) is 8.86. The van der Waals surface area contributed by atoms with Crippen LogP contribution in [0.4, 0.5) is 4.39 Å². The van der Waals surface area contributed by atoms with Crippen molar-refractivity contribution in [3.63, 3.8) is 0 Å². The Bertz CT molecular complexity index is 566. The maximum atomic E-state index is 13.9. The third-order valence-electron chi connectivity index (χ3n) is 3.72. The second-order valence-electron chi connectivity index (χ2n) is 5.17. The molecule has 1 aliphatic rings. The van der Waals surface area contributed by atoms with Crippen molar-refractivity contribution in [2.45, 2.75) is 24.6 Å². The van der Waals surface area contributed by atoms with Crippen LogP contribution in [-0.4, -0.2) is 25.8 Å². The molecule has 0 radical (unpaired) electrons. The molecule has 1 aromatic rings. The lowest BCUT2D eigenvalue weighted by Gasteiger charge is -2.16. The van der Waals surface area contributed by atoms with Gasteiger partial charge in [-0.25, -0.2) is 12.8 Å². The maximum Gasteiger partial charge on any atom is 0.246 e. The third kappa shape index (κ3) is 2.78. The van der Waals surface area contributed by atoms with E-state index in [1.165, 1.54) is 16.4 Å². The van der Waals surface area contributed by atoms with Gasteiger partial charge in [0.1, 0.15) is 10.7 Å². The Balaban J connectivity index is 2.35. The number of alkyl halides is 1. The van der Waals surface area contributed by atoms with E-state index in [1.54, 1.807) is 6.07 Å². The summed E-state index contributed by atoms with van der Waals surface area (Å²) in [5.74, 6) is 0.0138. The Hall–Kier alpha value is -0.650. The summed E-state index contributed by atoms with van der Waals surface area (Å²) in [6.07, 6.45) is 0. The summed E-state index contributed by atoms with van der Waals surface area (Å²) in [6, 6.07) is 4.03. The van der Waals surface area contributed by atoms with Gasteiger partial charge in [-0.15, -0.1) is 11.6 Å². The van der Waals surface area contributed by atoms with Crippen molar-refractivity contribution in [2.75, 3.05) is 13.1 Å². The van der Waals surface area contributed by atoms with Gasteiger partial charge in [-0.1, -0.05) is 19.9 Å². The molecular formula is C13H17ClFNO2S. The minimum absolute atomic E-state index is 0.162. The minimum Gasteiger partial charge on any atom is -0.207 e. The molecule has 0 amide bonds. The van der Waals surface area contributed by atoms with E-state index in [4.69, 9.17) is 11.6 Å². The Kier molecular flexibility index (Phi) is 4.18. The molecule has 1 aliphatic heterocycles. The zero-order valence-electron chi connectivity index (χ0n) is 10.9. The van der Waals surface area contributed by atoms with Crippen LogP contribution in [-0.2, 0) is 15.9 Å². The van der Waals surface area contributed by atoms with Gasteiger partial charge in [-0.2, -0.15) is 4.31 Å². The highest BCUT2D eigenvalue weighted by Crippen LogP contribution is 2.29. The van der Waals surface area contributed by atoms with Crippen LogP contribution in [0.3, 0.4) is 0 Å². The molecule has 2 unspecified atom stereocenters. The van der Waals surface area contributed by atoms with Gasteiger partial charge in [0.15, 0.2) is 0 Å². The van der Waals surface area contributed by atoms with E-state index in [-0.39, 0.29) is 10.8 Å². The minimum atomic E-state index is -3.74. The zero-order valence-corrected chi connectivity index (χ0v) is 12.5. The van der Waals surface area contributed by atoms with E-state index >= 15 is 0 Å². The monoisotopic (exact) mass is 305 g/mol. The van der Waals surface area contributed by atoms with Crippen molar-refractivity contribution in [1.29, 1.82) is 0 Å². The second-order valence-corrected chi connectivity index (χ2v) is 7.35. The van der Waals surface area contributed by atoms with Crippen molar-refractivity contribution in [2.24, 2.45) is 11.8 Å². The Morgan fingerprint density at radius 3 is 2.37 bits per heavy atom. The van der Waals surface area contributed by atoms with Gasteiger partial charge in [0.05, 0.1) is 0 Å². The van der Waals surface area contributed by atoms with Crippen molar-refractivity contribution in [3.05, 3.63) is 29.6 Å². The van der Waals surface area contributed by atoms with Gasteiger partial charge < -0.3 is 0 Å². The predicted molar refractivity (Wildman–Crippen MR) is 73.0 cm³/mol. The maximum absolute atomic E-state index is 13.9. The molecule has 0 spiro atoms. The molecule has 0 N–H and O–H groups in total. The van der Waals surface area contributed by atoms with E-state index in [0.717, 1.165) is 0 Å². The quantitative estimate of drug-likeness (QED) is 0.805. The van der Waals surface area contributed by atoms with Crippen LogP contribution in [0.5, 0.6) is 0 Å². The Morgan fingerprint density at radius 1 is 1.32 bits per heavy atom. The van der Waals surface area contributed by atoms with Gasteiger partial charge in [-0.3, -0.25) is 0 Å². The first-order valence-electron chi connectivity index (χ1n) is 6.20. The summed E-state index contributed by atoms with van der Waals surface area (Å²) in [5, 5.41) is 0. The van der Waals surface area contributed by atoms with Crippen LogP contribution < -0.4 is 0 Å². The molecule has 2 rings (SSSR count). The largest absolute Gasteiger partial charge is 0.246 e. The molecule has 106 valence electrons. The summed E-state index contributed by atoms with van der Waals surface area (Å²) in [5.41, 5.74) is 0.571. The molecule has 1 fully saturated rings. The first-order valence-corrected chi connectivity index (χ1v) is 8.18. The van der Waals surface area contributed by atoms with Crippen molar-refractivity contribution in [3.8, 4) is 0 Å². The van der Waals surface area contributed by atoms with Gasteiger partial charge in [0.25, 0.3) is 0 Å². The number of hydrogen-bond donors (Lipinski definition) is 0. The standard InChI is InChI=1S/C13H17ClFNO2S/c1-9-7-16(8-10(9)2)19(17,18)13-4-3-11(6-14)5-12(13)15/h3-5,9-10H,6-8H2,1-2H3. The normalized spacial score (nSPS) is 24.8.